The first-order chi connectivity index (χ1) is 10.1. The van der Waals surface area contributed by atoms with Crippen LogP contribution in [0.1, 0.15) is 15.9 Å². The molecular weight excluding hydrogens is 279 g/mol. The van der Waals surface area contributed by atoms with Crippen molar-refractivity contribution >= 4 is 16.7 Å². The first kappa shape index (κ1) is 13.3. The quantitative estimate of drug-likeness (QED) is 0.669. The number of nitrogens with zero attached hydrogens (tertiary/aromatic N) is 1. The molecule has 1 heterocycles. The fourth-order valence-corrected chi connectivity index (χ4v) is 2.08. The van der Waals surface area contributed by atoms with Crippen LogP contribution in [0.15, 0.2) is 48.7 Å². The summed E-state index contributed by atoms with van der Waals surface area (Å²) < 4.78 is 40.3. The van der Waals surface area contributed by atoms with E-state index in [1.54, 1.807) is 6.07 Å². The number of carbonyl (C=O) groups excluding carboxylic acids is 1. The number of carbonyl (C=O) groups is 1. The summed E-state index contributed by atoms with van der Waals surface area (Å²) in [6.45, 7) is 0. The lowest BCUT2D eigenvalue weighted by atomic mass is 10.0. The SMILES string of the molecule is O=C(c1cnc2c(F)cccc2c1)c1cccc(F)c1F. The third kappa shape index (κ3) is 2.27. The summed E-state index contributed by atoms with van der Waals surface area (Å²) in [7, 11) is 0. The normalized spacial score (nSPS) is 10.8. The van der Waals surface area contributed by atoms with E-state index in [2.05, 4.69) is 4.98 Å². The highest BCUT2D eigenvalue weighted by molar-refractivity contribution is 6.10. The van der Waals surface area contributed by atoms with Gasteiger partial charge in [0.2, 0.25) is 0 Å². The summed E-state index contributed by atoms with van der Waals surface area (Å²) in [5.74, 6) is -3.52. The summed E-state index contributed by atoms with van der Waals surface area (Å²) >= 11 is 0. The molecule has 3 rings (SSSR count). The molecule has 0 saturated heterocycles. The van der Waals surface area contributed by atoms with Crippen molar-refractivity contribution in [2.24, 2.45) is 0 Å². The Morgan fingerprint density at radius 2 is 1.67 bits per heavy atom. The van der Waals surface area contributed by atoms with Gasteiger partial charge in [-0.15, -0.1) is 0 Å². The molecule has 3 aromatic rings. The van der Waals surface area contributed by atoms with E-state index in [0.717, 1.165) is 12.3 Å². The second-order valence-corrected chi connectivity index (χ2v) is 4.47. The molecule has 0 unspecified atom stereocenters. The Hall–Kier alpha value is -2.69. The number of para-hydroxylation sites is 1. The average Bonchev–Trinajstić information content (AvgIpc) is 2.49. The number of rotatable bonds is 2. The van der Waals surface area contributed by atoms with E-state index in [-0.39, 0.29) is 16.6 Å². The molecule has 2 nitrogen and oxygen atoms in total. The predicted molar refractivity (Wildman–Crippen MR) is 71.5 cm³/mol. The van der Waals surface area contributed by atoms with Crippen LogP contribution in [0.25, 0.3) is 10.9 Å². The predicted octanol–water partition coefficient (Wildman–Crippen LogP) is 3.88. The lowest BCUT2D eigenvalue weighted by Crippen LogP contribution is -2.06. The van der Waals surface area contributed by atoms with Crippen LogP contribution in [0.5, 0.6) is 0 Å². The van der Waals surface area contributed by atoms with Gasteiger partial charge >= 0.3 is 0 Å². The fraction of sp³-hybridized carbons (Fsp3) is 0. The number of hydrogen-bond acceptors (Lipinski definition) is 2. The van der Waals surface area contributed by atoms with Gasteiger partial charge in [0.15, 0.2) is 17.4 Å². The van der Waals surface area contributed by atoms with Crippen LogP contribution < -0.4 is 0 Å². The molecule has 1 aromatic heterocycles. The van der Waals surface area contributed by atoms with Crippen LogP contribution in [0, 0.1) is 17.5 Å². The highest BCUT2D eigenvalue weighted by Gasteiger charge is 2.17. The van der Waals surface area contributed by atoms with Crippen molar-refractivity contribution in [2.45, 2.75) is 0 Å². The highest BCUT2D eigenvalue weighted by atomic mass is 19.2. The first-order valence-electron chi connectivity index (χ1n) is 6.11. The van der Waals surface area contributed by atoms with Gasteiger partial charge in [-0.2, -0.15) is 0 Å². The highest BCUT2D eigenvalue weighted by Crippen LogP contribution is 2.20. The molecule has 0 aliphatic carbocycles. The van der Waals surface area contributed by atoms with Crippen LogP contribution >= 0.6 is 0 Å². The molecule has 5 heteroatoms. The Kier molecular flexibility index (Phi) is 3.17. The lowest BCUT2D eigenvalue weighted by molar-refractivity contribution is 0.103. The van der Waals surface area contributed by atoms with Gasteiger partial charge < -0.3 is 0 Å². The molecule has 2 aromatic carbocycles. The Morgan fingerprint density at radius 3 is 2.48 bits per heavy atom. The summed E-state index contributed by atoms with van der Waals surface area (Å²) in [5.41, 5.74) is -0.195. The van der Waals surface area contributed by atoms with E-state index in [1.165, 1.54) is 30.3 Å². The Bertz CT molecular complexity index is 861. The number of ketones is 1. The van der Waals surface area contributed by atoms with Gasteiger partial charge in [-0.3, -0.25) is 9.78 Å². The Morgan fingerprint density at radius 1 is 0.952 bits per heavy atom. The van der Waals surface area contributed by atoms with Crippen molar-refractivity contribution in [3.8, 4) is 0 Å². The molecule has 104 valence electrons. The summed E-state index contributed by atoms with van der Waals surface area (Å²) in [5, 5.41) is 0.415. The second-order valence-electron chi connectivity index (χ2n) is 4.47. The van der Waals surface area contributed by atoms with E-state index in [0.29, 0.717) is 5.39 Å². The van der Waals surface area contributed by atoms with Gasteiger partial charge in [-0.25, -0.2) is 13.2 Å². The topological polar surface area (TPSA) is 30.0 Å². The maximum Gasteiger partial charge on any atom is 0.197 e. The molecule has 0 N–H and O–H groups in total. The van der Waals surface area contributed by atoms with Gasteiger partial charge in [0.25, 0.3) is 0 Å². The van der Waals surface area contributed by atoms with Gasteiger partial charge in [-0.1, -0.05) is 18.2 Å². The smallest absolute Gasteiger partial charge is 0.197 e. The molecule has 0 bridgehead atoms. The van der Waals surface area contributed by atoms with Crippen LogP contribution in [0.2, 0.25) is 0 Å². The van der Waals surface area contributed by atoms with Crippen molar-refractivity contribution in [1.82, 2.24) is 4.98 Å². The van der Waals surface area contributed by atoms with Gasteiger partial charge in [0.05, 0.1) is 5.56 Å². The molecule has 0 aliphatic rings. The van der Waals surface area contributed by atoms with E-state index in [4.69, 9.17) is 0 Å². The zero-order chi connectivity index (χ0) is 15.0. The molecule has 0 atom stereocenters. The number of fused-ring (bicyclic) bond motifs is 1. The van der Waals surface area contributed by atoms with Crippen LogP contribution in [0.4, 0.5) is 13.2 Å². The number of halogens is 3. The van der Waals surface area contributed by atoms with Crippen molar-refractivity contribution < 1.29 is 18.0 Å². The monoisotopic (exact) mass is 287 g/mol. The summed E-state index contributed by atoms with van der Waals surface area (Å²) in [6.07, 6.45) is 1.15. The first-order valence-corrected chi connectivity index (χ1v) is 6.11. The molecular formula is C16H8F3NO. The van der Waals surface area contributed by atoms with E-state index < -0.39 is 23.2 Å². The van der Waals surface area contributed by atoms with Crippen LogP contribution in [-0.4, -0.2) is 10.8 Å². The summed E-state index contributed by atoms with van der Waals surface area (Å²) in [6, 6.07) is 9.10. The van der Waals surface area contributed by atoms with Gasteiger partial charge in [-0.05, 0) is 24.3 Å². The van der Waals surface area contributed by atoms with Crippen LogP contribution in [0.3, 0.4) is 0 Å². The van der Waals surface area contributed by atoms with Crippen molar-refractivity contribution in [1.29, 1.82) is 0 Å². The third-order valence-corrected chi connectivity index (χ3v) is 3.12. The minimum absolute atomic E-state index is 0.0672. The maximum atomic E-state index is 13.6. The molecule has 0 fully saturated rings. The van der Waals surface area contributed by atoms with Crippen molar-refractivity contribution in [3.05, 3.63) is 77.2 Å². The molecule has 0 amide bonds. The molecule has 0 spiro atoms. The summed E-state index contributed by atoms with van der Waals surface area (Å²) in [4.78, 5) is 16.1. The number of benzene rings is 2. The lowest BCUT2D eigenvalue weighted by Gasteiger charge is -2.05. The van der Waals surface area contributed by atoms with E-state index in [1.807, 2.05) is 0 Å². The minimum Gasteiger partial charge on any atom is -0.288 e. The minimum atomic E-state index is -1.21. The zero-order valence-corrected chi connectivity index (χ0v) is 10.6. The molecule has 0 saturated carbocycles. The van der Waals surface area contributed by atoms with Crippen molar-refractivity contribution in [3.63, 3.8) is 0 Å². The molecule has 0 aliphatic heterocycles. The largest absolute Gasteiger partial charge is 0.288 e. The van der Waals surface area contributed by atoms with Crippen LogP contribution in [-0.2, 0) is 0 Å². The molecule has 21 heavy (non-hydrogen) atoms. The Labute approximate surface area is 117 Å². The van der Waals surface area contributed by atoms with Crippen molar-refractivity contribution in [2.75, 3.05) is 0 Å². The zero-order valence-electron chi connectivity index (χ0n) is 10.6. The number of pyridine rings is 1. The van der Waals surface area contributed by atoms with E-state index >= 15 is 0 Å². The van der Waals surface area contributed by atoms with Gasteiger partial charge in [0.1, 0.15) is 11.3 Å². The van der Waals surface area contributed by atoms with Gasteiger partial charge in [0, 0.05) is 17.1 Å². The fourth-order valence-electron chi connectivity index (χ4n) is 2.08. The maximum absolute atomic E-state index is 13.6. The number of hydrogen-bond donors (Lipinski definition) is 0. The molecule has 0 radical (unpaired) electrons. The van der Waals surface area contributed by atoms with E-state index in [9.17, 15) is 18.0 Å². The Balaban J connectivity index is 2.12. The second kappa shape index (κ2) is 5.01. The average molecular weight is 287 g/mol. The third-order valence-electron chi connectivity index (χ3n) is 3.12. The number of aromatic nitrogens is 1. The standard InChI is InChI=1S/C16H8F3NO/c17-12-5-2-4-11(14(12)19)16(21)10-7-9-3-1-6-13(18)15(9)20-8-10/h1-8H.